The zero-order valence-corrected chi connectivity index (χ0v) is 11.1. The monoisotopic (exact) mass is 266 g/mol. The summed E-state index contributed by atoms with van der Waals surface area (Å²) >= 11 is 5.88. The maximum atomic E-state index is 12.2. The van der Waals surface area contributed by atoms with Gasteiger partial charge >= 0.3 is 0 Å². The average Bonchev–Trinajstić information content (AvgIpc) is 2.37. The lowest BCUT2D eigenvalue weighted by molar-refractivity contribution is 0.0752. The highest BCUT2D eigenvalue weighted by Gasteiger charge is 2.19. The van der Waals surface area contributed by atoms with E-state index in [1.54, 1.807) is 11.8 Å². The van der Waals surface area contributed by atoms with Gasteiger partial charge in [-0.15, -0.1) is 0 Å². The number of rotatable bonds is 4. The lowest BCUT2D eigenvalue weighted by atomic mass is 10.1. The predicted octanol–water partition coefficient (Wildman–Crippen LogP) is 1.94. The van der Waals surface area contributed by atoms with Crippen molar-refractivity contribution in [3.63, 3.8) is 0 Å². The third-order valence-electron chi connectivity index (χ3n) is 2.47. The second-order valence-corrected chi connectivity index (χ2v) is 4.34. The Morgan fingerprint density at radius 1 is 1.72 bits per heavy atom. The number of pyridine rings is 1. The first-order valence-electron chi connectivity index (χ1n) is 5.59. The van der Waals surface area contributed by atoms with E-state index in [1.165, 1.54) is 12.3 Å². The van der Waals surface area contributed by atoms with Crippen LogP contribution in [0.15, 0.2) is 12.3 Å². The van der Waals surface area contributed by atoms with Gasteiger partial charge in [0.25, 0.3) is 5.91 Å². The number of nitrogens with zero attached hydrogens (tertiary/aromatic N) is 3. The van der Waals surface area contributed by atoms with Gasteiger partial charge < -0.3 is 10.6 Å². The minimum Gasteiger partial charge on any atom is -0.397 e. The zero-order valence-electron chi connectivity index (χ0n) is 10.4. The van der Waals surface area contributed by atoms with Gasteiger partial charge in [0.15, 0.2) is 0 Å². The van der Waals surface area contributed by atoms with Crippen molar-refractivity contribution in [1.82, 2.24) is 9.88 Å². The van der Waals surface area contributed by atoms with E-state index in [1.807, 2.05) is 6.92 Å². The summed E-state index contributed by atoms with van der Waals surface area (Å²) in [7, 11) is 0. The number of hydrogen-bond donors (Lipinski definition) is 1. The van der Waals surface area contributed by atoms with Gasteiger partial charge in [-0.2, -0.15) is 5.26 Å². The summed E-state index contributed by atoms with van der Waals surface area (Å²) in [6.45, 7) is 4.46. The Hall–Kier alpha value is -1.80. The minimum atomic E-state index is -0.260. The Labute approximate surface area is 111 Å². The van der Waals surface area contributed by atoms with Crippen LogP contribution in [0, 0.1) is 17.2 Å². The first-order chi connectivity index (χ1) is 8.49. The van der Waals surface area contributed by atoms with Crippen molar-refractivity contribution in [2.75, 3.05) is 18.8 Å². The van der Waals surface area contributed by atoms with Gasteiger partial charge in [0.1, 0.15) is 5.15 Å². The number of nitrogens with two attached hydrogens (primary N) is 1. The third-order valence-corrected chi connectivity index (χ3v) is 2.78. The summed E-state index contributed by atoms with van der Waals surface area (Å²) in [4.78, 5) is 17.6. The molecule has 0 radical (unpaired) electrons. The molecule has 0 aliphatic rings. The Morgan fingerprint density at radius 2 is 2.39 bits per heavy atom. The van der Waals surface area contributed by atoms with E-state index in [0.717, 1.165) is 0 Å². The molecular formula is C12H15ClN4O. The summed E-state index contributed by atoms with van der Waals surface area (Å²) in [6.07, 6.45) is 1.40. The maximum Gasteiger partial charge on any atom is 0.257 e. The topological polar surface area (TPSA) is 83.0 Å². The normalized spacial score (nSPS) is 11.7. The minimum absolute atomic E-state index is 0.122. The third kappa shape index (κ3) is 3.34. The second-order valence-electron chi connectivity index (χ2n) is 3.98. The molecule has 18 heavy (non-hydrogen) atoms. The maximum absolute atomic E-state index is 12.2. The van der Waals surface area contributed by atoms with Crippen LogP contribution in [0.4, 0.5) is 5.69 Å². The number of amides is 1. The molecule has 0 aliphatic heterocycles. The van der Waals surface area contributed by atoms with Gasteiger partial charge in [0, 0.05) is 13.1 Å². The highest BCUT2D eigenvalue weighted by molar-refractivity contribution is 6.32. The molecule has 0 saturated carbocycles. The number of carbonyl (C=O) groups excluding carboxylic acids is 1. The van der Waals surface area contributed by atoms with E-state index >= 15 is 0 Å². The number of anilines is 1. The van der Waals surface area contributed by atoms with Gasteiger partial charge in [0.05, 0.1) is 29.4 Å². The molecule has 1 rings (SSSR count). The van der Waals surface area contributed by atoms with Crippen LogP contribution in [-0.4, -0.2) is 28.9 Å². The molecule has 0 aromatic carbocycles. The fraction of sp³-hybridized carbons (Fsp3) is 0.417. The molecule has 0 saturated heterocycles. The summed E-state index contributed by atoms with van der Waals surface area (Å²) in [5.74, 6) is -0.494. The van der Waals surface area contributed by atoms with Crippen LogP contribution >= 0.6 is 11.6 Å². The van der Waals surface area contributed by atoms with Crippen LogP contribution < -0.4 is 5.73 Å². The van der Waals surface area contributed by atoms with Crippen molar-refractivity contribution >= 4 is 23.2 Å². The quantitative estimate of drug-likeness (QED) is 0.844. The van der Waals surface area contributed by atoms with Gasteiger partial charge in [-0.25, -0.2) is 4.98 Å². The standard InChI is InChI=1S/C12H15ClN4O/c1-3-17(7-8(2)5-14)12(18)10-4-9(15)6-16-11(10)13/h4,6,8H,3,7,15H2,1-2H3. The lowest BCUT2D eigenvalue weighted by Crippen LogP contribution is -2.34. The van der Waals surface area contributed by atoms with Crippen LogP contribution in [0.2, 0.25) is 5.15 Å². The van der Waals surface area contributed by atoms with Gasteiger partial charge in [-0.05, 0) is 19.9 Å². The van der Waals surface area contributed by atoms with E-state index in [9.17, 15) is 4.79 Å². The molecule has 0 bridgehead atoms. The van der Waals surface area contributed by atoms with Crippen LogP contribution in [0.5, 0.6) is 0 Å². The van der Waals surface area contributed by atoms with Crippen LogP contribution in [0.3, 0.4) is 0 Å². The molecule has 1 amide bonds. The molecule has 1 atom stereocenters. The second kappa shape index (κ2) is 6.22. The smallest absolute Gasteiger partial charge is 0.257 e. The van der Waals surface area contributed by atoms with E-state index < -0.39 is 0 Å². The van der Waals surface area contributed by atoms with Gasteiger partial charge in [0.2, 0.25) is 0 Å². The fourth-order valence-corrected chi connectivity index (χ4v) is 1.70. The number of hydrogen-bond acceptors (Lipinski definition) is 4. The van der Waals surface area contributed by atoms with Crippen LogP contribution in [-0.2, 0) is 0 Å². The molecule has 1 aromatic rings. The molecule has 0 aliphatic carbocycles. The van der Waals surface area contributed by atoms with Crippen molar-refractivity contribution in [2.24, 2.45) is 5.92 Å². The van der Waals surface area contributed by atoms with Crippen molar-refractivity contribution in [2.45, 2.75) is 13.8 Å². The van der Waals surface area contributed by atoms with Crippen LogP contribution in [0.1, 0.15) is 24.2 Å². The molecule has 96 valence electrons. The van der Waals surface area contributed by atoms with Crippen LogP contribution in [0.25, 0.3) is 0 Å². The molecular weight excluding hydrogens is 252 g/mol. The number of nitrogen functional groups attached to an aromatic ring is 1. The van der Waals surface area contributed by atoms with E-state index in [2.05, 4.69) is 11.1 Å². The fourth-order valence-electron chi connectivity index (χ4n) is 1.51. The van der Waals surface area contributed by atoms with Gasteiger partial charge in [-0.3, -0.25) is 4.79 Å². The first kappa shape index (κ1) is 14.3. The highest BCUT2D eigenvalue weighted by Crippen LogP contribution is 2.18. The summed E-state index contributed by atoms with van der Waals surface area (Å²) in [6, 6.07) is 3.59. The largest absolute Gasteiger partial charge is 0.397 e. The van der Waals surface area contributed by atoms with E-state index in [-0.39, 0.29) is 22.5 Å². The molecule has 0 fully saturated rings. The number of carbonyl (C=O) groups is 1. The molecule has 2 N–H and O–H groups in total. The summed E-state index contributed by atoms with van der Waals surface area (Å²) in [5.41, 5.74) is 6.24. The SMILES string of the molecule is CCN(CC(C)C#N)C(=O)c1cc(N)cnc1Cl. The van der Waals surface area contributed by atoms with E-state index in [4.69, 9.17) is 22.6 Å². The first-order valence-corrected chi connectivity index (χ1v) is 5.97. The number of nitriles is 1. The Balaban J connectivity index is 2.97. The number of halogens is 1. The zero-order chi connectivity index (χ0) is 13.7. The molecule has 1 unspecified atom stereocenters. The predicted molar refractivity (Wildman–Crippen MR) is 70.0 cm³/mol. The molecule has 6 heteroatoms. The van der Waals surface area contributed by atoms with Gasteiger partial charge in [-0.1, -0.05) is 11.6 Å². The Morgan fingerprint density at radius 3 is 2.94 bits per heavy atom. The van der Waals surface area contributed by atoms with Crippen molar-refractivity contribution in [1.29, 1.82) is 5.26 Å². The van der Waals surface area contributed by atoms with Crippen molar-refractivity contribution in [3.8, 4) is 6.07 Å². The Bertz CT molecular complexity index is 483. The van der Waals surface area contributed by atoms with Crippen molar-refractivity contribution in [3.05, 3.63) is 23.0 Å². The molecule has 5 nitrogen and oxygen atoms in total. The summed E-state index contributed by atoms with van der Waals surface area (Å²) < 4.78 is 0. The lowest BCUT2D eigenvalue weighted by Gasteiger charge is -2.22. The molecule has 0 spiro atoms. The van der Waals surface area contributed by atoms with E-state index in [0.29, 0.717) is 18.8 Å². The summed E-state index contributed by atoms with van der Waals surface area (Å²) in [5, 5.41) is 8.91. The Kier molecular flexibility index (Phi) is 4.93. The molecule has 1 aromatic heterocycles. The average molecular weight is 267 g/mol. The van der Waals surface area contributed by atoms with Crippen molar-refractivity contribution < 1.29 is 4.79 Å². The highest BCUT2D eigenvalue weighted by atomic mass is 35.5. The number of aromatic nitrogens is 1. The molecule has 1 heterocycles.